The van der Waals surface area contributed by atoms with Crippen LogP contribution in [0.3, 0.4) is 0 Å². The minimum absolute atomic E-state index is 0.0839. The lowest BCUT2D eigenvalue weighted by Gasteiger charge is -2.29. The van der Waals surface area contributed by atoms with Gasteiger partial charge in [0, 0.05) is 17.8 Å². The van der Waals surface area contributed by atoms with Crippen LogP contribution in [0.5, 0.6) is 0 Å². The van der Waals surface area contributed by atoms with Gasteiger partial charge in [-0.25, -0.2) is 4.79 Å². The average molecular weight is 469 g/mol. The lowest BCUT2D eigenvalue weighted by Crippen LogP contribution is -2.29. The average Bonchev–Trinajstić information content (AvgIpc) is 3.28. The lowest BCUT2D eigenvalue weighted by atomic mass is 9.84. The molecule has 0 aliphatic carbocycles. The lowest BCUT2D eigenvalue weighted by molar-refractivity contribution is -0.384. The molecule has 2 aromatic rings. The van der Waals surface area contributed by atoms with Gasteiger partial charge in [-0.05, 0) is 45.3 Å². The molecule has 1 aromatic carbocycles. The third-order valence-corrected chi connectivity index (χ3v) is 5.99. The third kappa shape index (κ3) is 4.93. The predicted octanol–water partition coefficient (Wildman–Crippen LogP) is 4.10. The predicted molar refractivity (Wildman–Crippen MR) is 121 cm³/mol. The summed E-state index contributed by atoms with van der Waals surface area (Å²) in [6.07, 6.45) is 2.62. The van der Waals surface area contributed by atoms with Crippen LogP contribution in [0.4, 0.5) is 10.5 Å². The minimum atomic E-state index is -0.901. The van der Waals surface area contributed by atoms with Crippen LogP contribution < -0.4 is 5.32 Å². The Hall–Kier alpha value is -3.73. The summed E-state index contributed by atoms with van der Waals surface area (Å²) in [5, 5.41) is 18.8. The summed E-state index contributed by atoms with van der Waals surface area (Å²) in [5.74, 6) is 0.343. The second-order valence-electron chi connectivity index (χ2n) is 8.35. The number of likely N-dealkylation sites (tertiary alicyclic amines) is 1. The molecule has 180 valence electrons. The molecule has 0 saturated carbocycles. The van der Waals surface area contributed by atoms with Crippen LogP contribution in [0.2, 0.25) is 0 Å². The van der Waals surface area contributed by atoms with Crippen molar-refractivity contribution >= 4 is 17.4 Å². The van der Waals surface area contributed by atoms with Gasteiger partial charge in [-0.3, -0.25) is 15.0 Å². The van der Waals surface area contributed by atoms with Crippen LogP contribution in [0, 0.1) is 10.1 Å². The van der Waals surface area contributed by atoms with Crippen LogP contribution in [0.1, 0.15) is 56.3 Å². The zero-order valence-corrected chi connectivity index (χ0v) is 19.4. The van der Waals surface area contributed by atoms with E-state index in [-0.39, 0.29) is 17.3 Å². The minimum Gasteiger partial charge on any atom is -0.437 e. The Balaban J connectivity index is 1.75. The molecule has 1 unspecified atom stereocenters. The highest BCUT2D eigenvalue weighted by molar-refractivity contribution is 5.76. The molecular formula is C23H27N5O6. The summed E-state index contributed by atoms with van der Waals surface area (Å²) >= 11 is 0. The normalized spacial score (nSPS) is 19.1. The number of hydrogen-bond donors (Lipinski definition) is 1. The Morgan fingerprint density at radius 3 is 2.74 bits per heavy atom. The molecule has 34 heavy (non-hydrogen) atoms. The summed E-state index contributed by atoms with van der Waals surface area (Å²) in [5.41, 5.74) is 2.30. The highest BCUT2D eigenvalue weighted by atomic mass is 16.7. The zero-order chi connectivity index (χ0) is 24.2. The molecule has 2 aliphatic rings. The number of carbonyl (C=O) groups excluding carboxylic acids is 1. The molecule has 11 heteroatoms. The van der Waals surface area contributed by atoms with Crippen molar-refractivity contribution in [2.45, 2.75) is 45.6 Å². The van der Waals surface area contributed by atoms with E-state index in [1.54, 1.807) is 19.1 Å². The quantitative estimate of drug-likeness (QED) is 0.374. The van der Waals surface area contributed by atoms with Gasteiger partial charge in [-0.2, -0.15) is 4.98 Å². The fraction of sp³-hybridized carbons (Fsp3) is 0.435. The number of nitrogens with zero attached hydrogens (tertiary/aromatic N) is 4. The van der Waals surface area contributed by atoms with E-state index in [1.165, 1.54) is 25.7 Å². The molecule has 1 saturated heterocycles. The van der Waals surface area contributed by atoms with Crippen LogP contribution in [-0.4, -0.2) is 46.3 Å². The first-order valence-corrected chi connectivity index (χ1v) is 11.1. The molecule has 3 heterocycles. The number of ether oxygens (including phenoxy) is 2. The Morgan fingerprint density at radius 2 is 2.03 bits per heavy atom. The summed E-state index contributed by atoms with van der Waals surface area (Å²) in [6.45, 7) is 6.14. The first kappa shape index (κ1) is 23.4. The van der Waals surface area contributed by atoms with Crippen molar-refractivity contribution in [3.63, 3.8) is 0 Å². The van der Waals surface area contributed by atoms with Gasteiger partial charge >= 0.3 is 6.16 Å². The van der Waals surface area contributed by atoms with Crippen LogP contribution in [-0.2, 0) is 16.0 Å². The maximum atomic E-state index is 12.0. The van der Waals surface area contributed by atoms with E-state index in [1.807, 2.05) is 6.92 Å². The van der Waals surface area contributed by atoms with Gasteiger partial charge in [0.25, 0.3) is 11.6 Å². The van der Waals surface area contributed by atoms with Crippen molar-refractivity contribution in [3.8, 4) is 0 Å². The highest BCUT2D eigenvalue weighted by Crippen LogP contribution is 2.44. The number of benzene rings is 1. The van der Waals surface area contributed by atoms with Crippen LogP contribution >= 0.6 is 0 Å². The fourth-order valence-electron chi connectivity index (χ4n) is 4.41. The first-order chi connectivity index (χ1) is 16.4. The number of piperidine rings is 1. The number of rotatable bonds is 6. The second kappa shape index (κ2) is 10.0. The summed E-state index contributed by atoms with van der Waals surface area (Å²) in [4.78, 5) is 29.9. The number of hydrogen-bond acceptors (Lipinski definition) is 10. The number of dihydropyridines is 1. The molecular weight excluding hydrogens is 442 g/mol. The van der Waals surface area contributed by atoms with Gasteiger partial charge in [0.1, 0.15) is 5.76 Å². The largest absolute Gasteiger partial charge is 0.513 e. The van der Waals surface area contributed by atoms with E-state index in [2.05, 4.69) is 20.4 Å². The molecule has 11 nitrogen and oxygen atoms in total. The molecule has 4 rings (SSSR count). The van der Waals surface area contributed by atoms with Gasteiger partial charge in [0.2, 0.25) is 0 Å². The third-order valence-electron chi connectivity index (χ3n) is 5.99. The highest BCUT2D eigenvalue weighted by Gasteiger charge is 2.36. The maximum absolute atomic E-state index is 12.0. The van der Waals surface area contributed by atoms with Crippen molar-refractivity contribution < 1.29 is 23.7 Å². The summed E-state index contributed by atoms with van der Waals surface area (Å²) in [7, 11) is 1.21. The Labute approximate surface area is 196 Å². The topological polar surface area (TPSA) is 133 Å². The van der Waals surface area contributed by atoms with Crippen molar-refractivity contribution in [3.05, 3.63) is 68.8 Å². The van der Waals surface area contributed by atoms with Crippen LogP contribution in [0.25, 0.3) is 5.57 Å². The van der Waals surface area contributed by atoms with E-state index >= 15 is 0 Å². The monoisotopic (exact) mass is 469 g/mol. The Bertz CT molecular complexity index is 1150. The molecule has 1 N–H and O–H groups in total. The summed E-state index contributed by atoms with van der Waals surface area (Å²) < 4.78 is 15.8. The number of nitro benzene ring substituents is 1. The smallest absolute Gasteiger partial charge is 0.437 e. The van der Waals surface area contributed by atoms with Crippen LogP contribution in [0.15, 0.2) is 45.9 Å². The van der Waals surface area contributed by atoms with E-state index in [9.17, 15) is 14.9 Å². The van der Waals surface area contributed by atoms with E-state index in [0.29, 0.717) is 34.9 Å². The SMILES string of the molecule is COC(=O)OC1=C(C)NC(C)=C(c2nc(CN3CCCCC3)no2)C1c1cccc([N+](=O)[O-])c1. The molecule has 0 radical (unpaired) electrons. The number of methoxy groups -OCH3 is 1. The van der Waals surface area contributed by atoms with Crippen molar-refractivity contribution in [1.29, 1.82) is 0 Å². The number of non-ortho nitro benzene ring substituents is 1. The summed E-state index contributed by atoms with van der Waals surface area (Å²) in [6, 6.07) is 6.17. The number of allylic oxidation sites excluding steroid dienone is 3. The van der Waals surface area contributed by atoms with E-state index in [4.69, 9.17) is 14.0 Å². The number of nitro groups is 1. The number of aromatic nitrogens is 2. The van der Waals surface area contributed by atoms with Gasteiger partial charge in [0.15, 0.2) is 5.82 Å². The molecule has 1 aromatic heterocycles. The van der Waals surface area contributed by atoms with Gasteiger partial charge in [-0.15, -0.1) is 0 Å². The fourth-order valence-corrected chi connectivity index (χ4v) is 4.41. The van der Waals surface area contributed by atoms with Gasteiger partial charge in [-0.1, -0.05) is 23.7 Å². The first-order valence-electron chi connectivity index (χ1n) is 11.1. The van der Waals surface area contributed by atoms with Crippen molar-refractivity contribution in [2.75, 3.05) is 20.2 Å². The molecule has 1 atom stereocenters. The Kier molecular flexibility index (Phi) is 6.92. The van der Waals surface area contributed by atoms with Crippen molar-refractivity contribution in [1.82, 2.24) is 20.4 Å². The van der Waals surface area contributed by atoms with Gasteiger partial charge < -0.3 is 19.3 Å². The van der Waals surface area contributed by atoms with Gasteiger partial charge in [0.05, 0.1) is 35.8 Å². The molecule has 0 spiro atoms. The number of carbonyl (C=O) groups is 1. The van der Waals surface area contributed by atoms with Crippen molar-refractivity contribution in [2.24, 2.45) is 0 Å². The maximum Gasteiger partial charge on any atom is 0.513 e. The Morgan fingerprint density at radius 1 is 1.26 bits per heavy atom. The second-order valence-corrected chi connectivity index (χ2v) is 8.35. The molecule has 1 fully saturated rings. The molecule has 0 amide bonds. The van der Waals surface area contributed by atoms with E-state index < -0.39 is 17.0 Å². The molecule has 2 aliphatic heterocycles. The zero-order valence-electron chi connectivity index (χ0n) is 19.4. The standard InChI is InChI=1S/C23H27N5O6/c1-14-19(22-25-18(26-34-22)13-27-10-5-4-6-11-27)20(16-8-7-9-17(12-16)28(30)31)21(15(2)24-14)33-23(29)32-3/h7-9,12,20,24H,4-6,10-11,13H2,1-3H3. The van der Waals surface area contributed by atoms with E-state index in [0.717, 1.165) is 25.9 Å². The number of nitrogens with one attached hydrogen (secondary N) is 1. The molecule has 0 bridgehead atoms.